The minimum Gasteiger partial charge on any atom is -0.378 e. The van der Waals surface area contributed by atoms with E-state index >= 15 is 0 Å². The van der Waals surface area contributed by atoms with Crippen molar-refractivity contribution in [3.05, 3.63) is 36.2 Å². The highest BCUT2D eigenvalue weighted by Gasteiger charge is 2.21. The van der Waals surface area contributed by atoms with E-state index in [4.69, 9.17) is 24.6 Å². The Morgan fingerprint density at radius 1 is 1.17 bits per heavy atom. The minimum atomic E-state index is -0.333. The molecule has 4 rings (SSSR count). The van der Waals surface area contributed by atoms with Crippen LogP contribution in [0.3, 0.4) is 0 Å². The number of aromatic nitrogens is 4. The van der Waals surface area contributed by atoms with Gasteiger partial charge in [0, 0.05) is 37.7 Å². The lowest BCUT2D eigenvalue weighted by atomic mass is 10.1. The van der Waals surface area contributed by atoms with Crippen molar-refractivity contribution in [2.75, 3.05) is 37.8 Å². The van der Waals surface area contributed by atoms with E-state index < -0.39 is 0 Å². The van der Waals surface area contributed by atoms with Crippen LogP contribution in [0, 0.1) is 0 Å². The molecule has 1 aromatic carbocycles. The second-order valence-corrected chi connectivity index (χ2v) is 9.34. The predicted molar refractivity (Wildman–Crippen MR) is 137 cm³/mol. The van der Waals surface area contributed by atoms with Crippen molar-refractivity contribution >= 4 is 23.0 Å². The SMILES string of the molecule is CC(C)n1cnc2c(-c3cccc(COCCCCCCC(=O)NO)c3)nc(N3CCOCC3)nc21. The maximum absolute atomic E-state index is 11.0. The number of rotatable bonds is 12. The van der Waals surface area contributed by atoms with Crippen LogP contribution in [0.5, 0.6) is 0 Å². The maximum atomic E-state index is 11.0. The molecule has 0 unspecified atom stereocenters. The summed E-state index contributed by atoms with van der Waals surface area (Å²) >= 11 is 0. The van der Waals surface area contributed by atoms with Gasteiger partial charge in [0.05, 0.1) is 26.1 Å². The summed E-state index contributed by atoms with van der Waals surface area (Å²) in [6, 6.07) is 8.51. The fraction of sp³-hybridized carbons (Fsp3) is 0.538. The van der Waals surface area contributed by atoms with Crippen LogP contribution in [0.1, 0.15) is 57.6 Å². The second kappa shape index (κ2) is 12.8. The number of anilines is 1. The third kappa shape index (κ3) is 6.57. The summed E-state index contributed by atoms with van der Waals surface area (Å²) in [4.78, 5) is 27.7. The van der Waals surface area contributed by atoms with Crippen molar-refractivity contribution in [2.24, 2.45) is 0 Å². The molecule has 0 bridgehead atoms. The zero-order valence-electron chi connectivity index (χ0n) is 21.2. The van der Waals surface area contributed by atoms with Crippen molar-refractivity contribution < 1.29 is 19.5 Å². The normalized spacial score (nSPS) is 14.1. The monoisotopic (exact) mass is 496 g/mol. The van der Waals surface area contributed by atoms with Gasteiger partial charge in [0.1, 0.15) is 11.2 Å². The van der Waals surface area contributed by atoms with Crippen LogP contribution in [0.2, 0.25) is 0 Å². The third-order valence-corrected chi connectivity index (χ3v) is 6.30. The molecule has 3 heterocycles. The van der Waals surface area contributed by atoms with E-state index in [-0.39, 0.29) is 11.9 Å². The number of nitrogens with zero attached hydrogens (tertiary/aromatic N) is 5. The van der Waals surface area contributed by atoms with Crippen molar-refractivity contribution in [3.63, 3.8) is 0 Å². The predicted octanol–water partition coefficient (Wildman–Crippen LogP) is 3.88. The van der Waals surface area contributed by atoms with Gasteiger partial charge in [-0.15, -0.1) is 0 Å². The van der Waals surface area contributed by atoms with Crippen molar-refractivity contribution in [3.8, 4) is 11.3 Å². The van der Waals surface area contributed by atoms with Crippen LogP contribution >= 0.6 is 0 Å². The maximum Gasteiger partial charge on any atom is 0.243 e. The van der Waals surface area contributed by atoms with Gasteiger partial charge in [-0.1, -0.05) is 31.0 Å². The number of imidazole rings is 1. The number of hydroxylamine groups is 1. The van der Waals surface area contributed by atoms with Crippen LogP contribution < -0.4 is 10.4 Å². The fourth-order valence-corrected chi connectivity index (χ4v) is 4.29. The molecule has 10 heteroatoms. The first-order valence-electron chi connectivity index (χ1n) is 12.7. The molecule has 0 saturated carbocycles. The van der Waals surface area contributed by atoms with E-state index in [1.54, 1.807) is 5.48 Å². The summed E-state index contributed by atoms with van der Waals surface area (Å²) in [5.74, 6) is 0.376. The van der Waals surface area contributed by atoms with E-state index in [2.05, 4.69) is 46.5 Å². The number of hydrogen-bond donors (Lipinski definition) is 2. The molecular weight excluding hydrogens is 460 g/mol. The Hall–Kier alpha value is -3.08. The highest BCUT2D eigenvalue weighted by atomic mass is 16.5. The zero-order chi connectivity index (χ0) is 25.3. The molecule has 0 radical (unpaired) electrons. The Labute approximate surface area is 211 Å². The van der Waals surface area contributed by atoms with E-state index in [1.165, 1.54) is 0 Å². The van der Waals surface area contributed by atoms with Crippen LogP contribution in [0.15, 0.2) is 30.6 Å². The highest BCUT2D eigenvalue weighted by molar-refractivity contribution is 5.88. The number of fused-ring (bicyclic) bond motifs is 1. The zero-order valence-corrected chi connectivity index (χ0v) is 21.2. The van der Waals surface area contributed by atoms with Gasteiger partial charge in [-0.2, -0.15) is 4.98 Å². The van der Waals surface area contributed by atoms with E-state index in [0.717, 1.165) is 66.8 Å². The molecule has 1 aliphatic rings. The Morgan fingerprint density at radius 2 is 1.97 bits per heavy atom. The van der Waals surface area contributed by atoms with Gasteiger partial charge in [-0.25, -0.2) is 15.4 Å². The molecule has 1 amide bonds. The summed E-state index contributed by atoms with van der Waals surface area (Å²) < 4.78 is 13.5. The number of amides is 1. The van der Waals surface area contributed by atoms with Gasteiger partial charge in [0.2, 0.25) is 11.9 Å². The number of unbranched alkanes of at least 4 members (excludes halogenated alkanes) is 3. The molecule has 1 fully saturated rings. The highest BCUT2D eigenvalue weighted by Crippen LogP contribution is 2.29. The number of hydrogen-bond acceptors (Lipinski definition) is 8. The van der Waals surface area contributed by atoms with Crippen LogP contribution in [-0.2, 0) is 20.9 Å². The first kappa shape index (κ1) is 26.0. The minimum absolute atomic E-state index is 0.238. The third-order valence-electron chi connectivity index (χ3n) is 6.30. The standard InChI is InChI=1S/C26H36N6O4/c1-19(2)32-18-27-24-23(28-26(29-25(24)32)31-11-14-35-15-12-31)21-9-7-8-20(16-21)17-36-13-6-4-3-5-10-22(33)30-34/h7-9,16,18-19,34H,3-6,10-15,17H2,1-2H3,(H,30,33). The quantitative estimate of drug-likeness (QED) is 0.221. The molecule has 0 atom stereocenters. The summed E-state index contributed by atoms with van der Waals surface area (Å²) in [5, 5.41) is 8.52. The first-order valence-corrected chi connectivity index (χ1v) is 12.7. The molecule has 2 N–H and O–H groups in total. The van der Waals surface area contributed by atoms with Gasteiger partial charge in [0.25, 0.3) is 0 Å². The van der Waals surface area contributed by atoms with Crippen LogP contribution in [-0.4, -0.2) is 63.5 Å². The molecule has 3 aromatic rings. The number of benzene rings is 1. The molecule has 194 valence electrons. The lowest BCUT2D eigenvalue weighted by molar-refractivity contribution is -0.129. The molecule has 1 aliphatic heterocycles. The van der Waals surface area contributed by atoms with Crippen LogP contribution in [0.25, 0.3) is 22.4 Å². The van der Waals surface area contributed by atoms with Gasteiger partial charge in [0.15, 0.2) is 5.65 Å². The topological polar surface area (TPSA) is 115 Å². The van der Waals surface area contributed by atoms with Crippen molar-refractivity contribution in [1.29, 1.82) is 0 Å². The molecule has 36 heavy (non-hydrogen) atoms. The lowest BCUT2D eigenvalue weighted by Crippen LogP contribution is -2.37. The molecular formula is C26H36N6O4. The van der Waals surface area contributed by atoms with Gasteiger partial charge < -0.3 is 18.9 Å². The summed E-state index contributed by atoms with van der Waals surface area (Å²) in [6.45, 7) is 8.31. The Balaban J connectivity index is 1.44. The molecule has 10 nitrogen and oxygen atoms in total. The number of ether oxygens (including phenoxy) is 2. The average molecular weight is 497 g/mol. The number of carbonyl (C=O) groups is 1. The van der Waals surface area contributed by atoms with Gasteiger partial charge in [-0.05, 0) is 38.3 Å². The lowest BCUT2D eigenvalue weighted by Gasteiger charge is -2.27. The van der Waals surface area contributed by atoms with E-state index in [9.17, 15) is 4.79 Å². The molecule has 2 aromatic heterocycles. The number of nitrogens with one attached hydrogen (secondary N) is 1. The largest absolute Gasteiger partial charge is 0.378 e. The second-order valence-electron chi connectivity index (χ2n) is 9.34. The Bertz CT molecular complexity index is 1140. The van der Waals surface area contributed by atoms with Crippen molar-refractivity contribution in [2.45, 2.75) is 58.6 Å². The summed E-state index contributed by atoms with van der Waals surface area (Å²) in [5.41, 5.74) is 6.21. The smallest absolute Gasteiger partial charge is 0.243 e. The number of carbonyl (C=O) groups excluding carboxylic acids is 1. The van der Waals surface area contributed by atoms with E-state index in [0.29, 0.717) is 38.8 Å². The summed E-state index contributed by atoms with van der Waals surface area (Å²) in [6.07, 6.45) is 5.82. The first-order chi connectivity index (χ1) is 17.6. The van der Waals surface area contributed by atoms with Gasteiger partial charge in [-0.3, -0.25) is 10.0 Å². The molecule has 1 saturated heterocycles. The average Bonchev–Trinajstić information content (AvgIpc) is 3.34. The molecule has 0 aliphatic carbocycles. The Kier molecular flexibility index (Phi) is 9.21. The van der Waals surface area contributed by atoms with Gasteiger partial charge >= 0.3 is 0 Å². The number of morpholine rings is 1. The Morgan fingerprint density at radius 3 is 2.75 bits per heavy atom. The fourth-order valence-electron chi connectivity index (χ4n) is 4.29. The van der Waals surface area contributed by atoms with Crippen molar-refractivity contribution in [1.82, 2.24) is 25.0 Å². The van der Waals surface area contributed by atoms with Crippen LogP contribution in [0.4, 0.5) is 5.95 Å². The summed E-state index contributed by atoms with van der Waals surface area (Å²) in [7, 11) is 0. The molecule has 0 spiro atoms. The van der Waals surface area contributed by atoms with E-state index in [1.807, 2.05) is 12.4 Å².